The highest BCUT2D eigenvalue weighted by molar-refractivity contribution is 7.80. The van der Waals surface area contributed by atoms with Crippen molar-refractivity contribution in [2.75, 3.05) is 31.1 Å². The lowest BCUT2D eigenvalue weighted by atomic mass is 10.0. The van der Waals surface area contributed by atoms with Crippen molar-refractivity contribution < 1.29 is 48.3 Å². The number of nitrogens with one attached hydrogen (secondary N) is 9. The van der Waals surface area contributed by atoms with E-state index in [2.05, 4.69) is 82.8 Å². The van der Waals surface area contributed by atoms with Gasteiger partial charge >= 0.3 is 12.0 Å². The molecule has 3 rings (SSSR count). The normalized spacial score (nSPS) is 14.1. The first-order chi connectivity index (χ1) is 36.1. The number of carboxylic acids is 1. The molecule has 22 N–H and O–H groups in total. The first-order valence-electron chi connectivity index (χ1n) is 24.2. The number of carboxylic acid groups (broad SMARTS) is 1. The number of hydrogen-bond acceptors (Lipinski definition) is 14. The number of amides is 9. The van der Waals surface area contributed by atoms with Crippen LogP contribution in [0, 0.1) is 0 Å². The summed E-state index contributed by atoms with van der Waals surface area (Å²) in [5.41, 5.74) is 34.9. The van der Waals surface area contributed by atoms with Gasteiger partial charge in [-0.2, -0.15) is 25.3 Å². The lowest BCUT2D eigenvalue weighted by Crippen LogP contribution is -2.60. The second-order valence-electron chi connectivity index (χ2n) is 17.5. The van der Waals surface area contributed by atoms with E-state index in [1.165, 1.54) is 6.92 Å². The number of urea groups is 1. The molecule has 0 saturated heterocycles. The third-order valence-electron chi connectivity index (χ3n) is 11.5. The zero-order chi connectivity index (χ0) is 56.3. The summed E-state index contributed by atoms with van der Waals surface area (Å²) in [4.78, 5) is 131. The highest BCUT2D eigenvalue weighted by atomic mass is 32.1. The van der Waals surface area contributed by atoms with Gasteiger partial charge in [0.15, 0.2) is 11.9 Å². The van der Waals surface area contributed by atoms with Crippen LogP contribution in [0.15, 0.2) is 70.8 Å². The maximum Gasteiger partial charge on any atom is 0.327 e. The number of thiol groups is 2. The van der Waals surface area contributed by atoms with Crippen LogP contribution in [0.2, 0.25) is 0 Å². The van der Waals surface area contributed by atoms with Crippen LogP contribution >= 0.6 is 25.3 Å². The van der Waals surface area contributed by atoms with E-state index in [4.69, 9.17) is 34.4 Å². The zero-order valence-electron chi connectivity index (χ0n) is 42.0. The number of hydrogen-bond donors (Lipinski definition) is 18. The number of benzene rings is 2. The molecule has 416 valence electrons. The number of fused-ring (bicyclic) bond motifs is 1. The van der Waals surface area contributed by atoms with Gasteiger partial charge < -0.3 is 87.0 Å². The fourth-order valence-corrected chi connectivity index (χ4v) is 7.93. The Hall–Kier alpha value is -7.79. The molecule has 1 aromatic heterocycles. The van der Waals surface area contributed by atoms with Gasteiger partial charge in [0.2, 0.25) is 41.4 Å². The van der Waals surface area contributed by atoms with Gasteiger partial charge in [-0.3, -0.25) is 43.5 Å². The van der Waals surface area contributed by atoms with Gasteiger partial charge in [0.05, 0.1) is 6.04 Å². The number of aromatic amines is 1. The molecule has 9 amide bonds. The average molecular weight is 1100 g/mol. The molecule has 76 heavy (non-hydrogen) atoms. The van der Waals surface area contributed by atoms with Crippen LogP contribution in [-0.2, 0) is 51.2 Å². The standard InChI is InChI=1S/C47H71N17O10S2/c1-25(58-43(71)35(23-75)63-38(66)29(48)13-7-17-54-45(49)50)37(65)59-31(16-9-19-56-47(53)74)39(67)61-33(20-26-10-3-2-4-11-26)41(69)60-32(15-8-18-55-46(51)52)40(68)62-34(42(70)64-36(24-76)44(72)73)21-27-22-57-30-14-6-5-12-28(27)30/h2-6,10-12,14,22,25,29,31-36,57,75-76H,7-9,13,15-21,23-24,48H2,1H3,(H,58,71)(H,59,65)(H,60,69)(H,61,67)(H,62,68)(H,63,66)(H,64,70)(H,72,73)(H4,49,50,54)(H4,51,52,55)(H3,53,56,74)/t25-,29-,31-,32-,33+,34+,35-,36-/m0/s1. The van der Waals surface area contributed by atoms with Crippen LogP contribution in [0.5, 0.6) is 0 Å². The quantitative estimate of drug-likeness (QED) is 0.0120. The molecule has 0 aliphatic heterocycles. The Morgan fingerprint density at radius 2 is 1.04 bits per heavy atom. The maximum absolute atomic E-state index is 14.5. The van der Waals surface area contributed by atoms with Crippen LogP contribution in [0.1, 0.15) is 56.6 Å². The van der Waals surface area contributed by atoms with E-state index in [9.17, 15) is 48.3 Å². The van der Waals surface area contributed by atoms with Gasteiger partial charge in [-0.25, -0.2) is 9.59 Å². The predicted octanol–water partition coefficient (Wildman–Crippen LogP) is -3.81. The van der Waals surface area contributed by atoms with E-state index in [1.54, 1.807) is 54.7 Å². The first-order valence-corrected chi connectivity index (χ1v) is 25.5. The molecule has 0 fully saturated rings. The largest absolute Gasteiger partial charge is 0.480 e. The zero-order valence-corrected chi connectivity index (χ0v) is 43.7. The Morgan fingerprint density at radius 3 is 1.61 bits per heavy atom. The molecule has 0 aliphatic rings. The summed E-state index contributed by atoms with van der Waals surface area (Å²) in [6.07, 6.45) is 1.95. The number of nitrogens with zero attached hydrogens (tertiary/aromatic N) is 2. The number of para-hydroxylation sites is 1. The smallest absolute Gasteiger partial charge is 0.327 e. The predicted molar refractivity (Wildman–Crippen MR) is 291 cm³/mol. The Kier molecular flexibility index (Phi) is 26.7. The fourth-order valence-electron chi connectivity index (χ4n) is 7.42. The molecule has 0 unspecified atom stereocenters. The van der Waals surface area contributed by atoms with Gasteiger partial charge in [-0.1, -0.05) is 48.5 Å². The molecule has 0 saturated carbocycles. The van der Waals surface area contributed by atoms with Crippen LogP contribution < -0.4 is 76.9 Å². The molecule has 27 nitrogen and oxygen atoms in total. The molecule has 0 bridgehead atoms. The van der Waals surface area contributed by atoms with Crippen molar-refractivity contribution in [1.82, 2.24) is 47.5 Å². The van der Waals surface area contributed by atoms with Gasteiger partial charge in [-0.05, 0) is 62.6 Å². The van der Waals surface area contributed by atoms with Gasteiger partial charge in [0.1, 0.15) is 42.3 Å². The van der Waals surface area contributed by atoms with Crippen LogP contribution in [0.3, 0.4) is 0 Å². The molecule has 3 aromatic rings. The van der Waals surface area contributed by atoms with Crippen molar-refractivity contribution >= 4 is 101 Å². The average Bonchev–Trinajstić information content (AvgIpc) is 3.79. The third kappa shape index (κ3) is 22.0. The van der Waals surface area contributed by atoms with E-state index in [0.29, 0.717) is 17.5 Å². The van der Waals surface area contributed by atoms with Crippen molar-refractivity contribution in [1.29, 1.82) is 0 Å². The molecule has 29 heteroatoms. The van der Waals surface area contributed by atoms with Crippen LogP contribution in [0.4, 0.5) is 4.79 Å². The summed E-state index contributed by atoms with van der Waals surface area (Å²) in [6, 6.07) is 4.27. The van der Waals surface area contributed by atoms with Gasteiger partial charge in [-0.15, -0.1) is 0 Å². The molecular formula is C47H71N17O10S2. The Balaban J connectivity index is 1.92. The summed E-state index contributed by atoms with van der Waals surface area (Å²) < 4.78 is 0. The molecule has 0 spiro atoms. The second-order valence-corrected chi connectivity index (χ2v) is 18.2. The number of carbonyl (C=O) groups excluding carboxylic acids is 8. The number of aliphatic imine (C=N–C) groups is 2. The van der Waals surface area contributed by atoms with E-state index >= 15 is 0 Å². The fraction of sp³-hybridized carbons (Fsp3) is 0.468. The molecule has 8 atom stereocenters. The minimum absolute atomic E-state index is 0.0173. The van der Waals surface area contributed by atoms with Crippen molar-refractivity contribution in [3.05, 3.63) is 71.9 Å². The number of aliphatic carboxylic acids is 1. The summed E-state index contributed by atoms with van der Waals surface area (Å²) >= 11 is 8.23. The van der Waals surface area contributed by atoms with Gasteiger partial charge in [0.25, 0.3) is 0 Å². The number of carbonyl (C=O) groups is 9. The monoisotopic (exact) mass is 1100 g/mol. The van der Waals surface area contributed by atoms with E-state index < -0.39 is 102 Å². The number of H-pyrrole nitrogens is 1. The van der Waals surface area contributed by atoms with E-state index in [-0.39, 0.29) is 88.0 Å². The van der Waals surface area contributed by atoms with Crippen molar-refractivity contribution in [3.63, 3.8) is 0 Å². The maximum atomic E-state index is 14.5. The Morgan fingerprint density at radius 1 is 0.566 bits per heavy atom. The number of primary amides is 1. The van der Waals surface area contributed by atoms with E-state index in [1.807, 2.05) is 6.07 Å². The second kappa shape index (κ2) is 32.5. The highest BCUT2D eigenvalue weighted by Gasteiger charge is 2.34. The third-order valence-corrected chi connectivity index (χ3v) is 12.2. The minimum Gasteiger partial charge on any atom is -0.480 e. The summed E-state index contributed by atoms with van der Waals surface area (Å²) in [6.45, 7) is 1.56. The Labute approximate surface area is 449 Å². The van der Waals surface area contributed by atoms with Crippen molar-refractivity contribution in [2.45, 2.75) is 107 Å². The SMILES string of the molecule is C[C@H](NC(=O)[C@H](CS)NC(=O)[C@@H](N)CCCN=C(N)N)C(=O)N[C@@H](CCCNC(N)=O)C(=O)N[C@H](Cc1ccccc1)C(=O)N[C@@H](CCCN=C(N)N)C(=O)N[C@H](Cc1c[nH]c2ccccc12)C(=O)N[C@@H](CS)C(=O)O. The molecular weight excluding hydrogens is 1030 g/mol. The van der Waals surface area contributed by atoms with E-state index in [0.717, 1.165) is 10.9 Å². The molecule has 1 heterocycles. The number of guanidine groups is 2. The lowest BCUT2D eigenvalue weighted by molar-refractivity contribution is -0.141. The summed E-state index contributed by atoms with van der Waals surface area (Å²) in [5, 5.41) is 30.9. The lowest BCUT2D eigenvalue weighted by Gasteiger charge is -2.27. The van der Waals surface area contributed by atoms with Crippen LogP contribution in [0.25, 0.3) is 10.9 Å². The number of aromatic nitrogens is 1. The van der Waals surface area contributed by atoms with Crippen molar-refractivity contribution in [2.24, 2.45) is 44.4 Å². The first kappa shape index (κ1) is 62.5. The molecule has 0 radical (unpaired) electrons. The van der Waals surface area contributed by atoms with Crippen molar-refractivity contribution in [3.8, 4) is 0 Å². The molecule has 2 aromatic carbocycles. The van der Waals surface area contributed by atoms with Gasteiger partial charge in [0, 0.05) is 61.1 Å². The summed E-state index contributed by atoms with van der Waals surface area (Å²) in [5.74, 6) is -7.93. The minimum atomic E-state index is -1.43. The Bertz CT molecular complexity index is 2510. The molecule has 0 aliphatic carbocycles. The number of nitrogens with two attached hydrogens (primary N) is 6. The highest BCUT2D eigenvalue weighted by Crippen LogP contribution is 2.20. The van der Waals surface area contributed by atoms with Crippen LogP contribution in [-0.4, -0.2) is 155 Å². The summed E-state index contributed by atoms with van der Waals surface area (Å²) in [7, 11) is 0. The number of rotatable bonds is 33. The topological polar surface area (TPSA) is 467 Å².